The van der Waals surface area contributed by atoms with Crippen LogP contribution >= 0.6 is 0 Å². The zero-order chi connectivity index (χ0) is 14.5. The summed E-state index contributed by atoms with van der Waals surface area (Å²) in [5.74, 6) is 0.814. The number of ether oxygens (including phenoxy) is 2. The van der Waals surface area contributed by atoms with E-state index in [4.69, 9.17) is 9.47 Å². The van der Waals surface area contributed by atoms with Gasteiger partial charge in [-0.25, -0.2) is 4.79 Å². The summed E-state index contributed by atoms with van der Waals surface area (Å²) < 4.78 is 10.8. The smallest absolute Gasteiger partial charge is 0.411 e. The lowest BCUT2D eigenvalue weighted by molar-refractivity contribution is 0.0196. The molecule has 0 fully saturated rings. The molecule has 20 heavy (non-hydrogen) atoms. The fraction of sp³-hybridized carbons (Fsp3) is 0.438. The molecule has 1 aromatic carbocycles. The largest absolute Gasteiger partial charge is 0.497 e. The predicted molar refractivity (Wildman–Crippen MR) is 75.7 cm³/mol. The summed E-state index contributed by atoms with van der Waals surface area (Å²) in [7, 11) is 1.65. The second kappa shape index (κ2) is 4.27. The molecule has 2 atom stereocenters. The summed E-state index contributed by atoms with van der Waals surface area (Å²) in [6.45, 7) is 5.64. The Kier molecular flexibility index (Phi) is 2.78. The average Bonchev–Trinajstić information content (AvgIpc) is 2.92. The van der Waals surface area contributed by atoms with Gasteiger partial charge < -0.3 is 9.47 Å². The number of methoxy groups -OCH3 is 1. The highest BCUT2D eigenvalue weighted by atomic mass is 16.6. The normalized spacial score (nSPS) is 22.9. The number of hydrogen-bond acceptors (Lipinski definition) is 3. The number of carbonyl (C=O) groups excluding carboxylic acids is 1. The molecule has 106 valence electrons. The lowest BCUT2D eigenvalue weighted by Crippen LogP contribution is -2.35. The molecule has 0 aliphatic carbocycles. The first kappa shape index (κ1) is 13.0. The van der Waals surface area contributed by atoms with Gasteiger partial charge in [-0.15, -0.1) is 0 Å². The standard InChI is InChI=1S/C16H19NO3/c1-16(2,3)20-15(18)17-13-7-8-14(17)12-9-10(19-4)5-6-11(12)13/h5-9,13-14H,1-4H3. The quantitative estimate of drug-likeness (QED) is 0.734. The van der Waals surface area contributed by atoms with Crippen LogP contribution in [0.25, 0.3) is 0 Å². The molecule has 2 aliphatic rings. The highest BCUT2D eigenvalue weighted by molar-refractivity contribution is 5.74. The molecule has 1 aromatic rings. The topological polar surface area (TPSA) is 38.8 Å². The minimum Gasteiger partial charge on any atom is -0.497 e. The van der Waals surface area contributed by atoms with E-state index in [1.807, 2.05) is 39.0 Å². The number of amides is 1. The molecule has 2 heterocycles. The van der Waals surface area contributed by atoms with Crippen LogP contribution in [-0.2, 0) is 4.74 Å². The fourth-order valence-electron chi connectivity index (χ4n) is 2.82. The second-order valence-corrected chi connectivity index (χ2v) is 6.16. The molecule has 4 heteroatoms. The summed E-state index contributed by atoms with van der Waals surface area (Å²) in [6.07, 6.45) is 3.84. The minimum atomic E-state index is -0.483. The SMILES string of the molecule is COc1ccc2c(c1)C1C=CC2N1C(=O)OC(C)(C)C. The lowest BCUT2D eigenvalue weighted by atomic mass is 9.97. The van der Waals surface area contributed by atoms with E-state index in [-0.39, 0.29) is 18.2 Å². The molecule has 0 spiro atoms. The summed E-state index contributed by atoms with van der Waals surface area (Å²) in [5.41, 5.74) is 1.80. The molecule has 0 N–H and O–H groups in total. The summed E-state index contributed by atoms with van der Waals surface area (Å²) in [5, 5.41) is 0. The Bertz CT molecular complexity index is 586. The van der Waals surface area contributed by atoms with E-state index in [0.29, 0.717) is 0 Å². The van der Waals surface area contributed by atoms with Gasteiger partial charge in [0.25, 0.3) is 0 Å². The van der Waals surface area contributed by atoms with E-state index in [1.54, 1.807) is 12.0 Å². The summed E-state index contributed by atoms with van der Waals surface area (Å²) >= 11 is 0. The molecule has 0 saturated heterocycles. The highest BCUT2D eigenvalue weighted by Gasteiger charge is 2.44. The fourth-order valence-corrected chi connectivity index (χ4v) is 2.82. The zero-order valence-corrected chi connectivity index (χ0v) is 12.2. The summed E-state index contributed by atoms with van der Waals surface area (Å²) in [6, 6.07) is 5.90. The third kappa shape index (κ3) is 1.96. The van der Waals surface area contributed by atoms with Crippen LogP contribution in [0.5, 0.6) is 5.75 Å². The molecule has 2 bridgehead atoms. The van der Waals surface area contributed by atoms with Crippen LogP contribution in [0.4, 0.5) is 4.79 Å². The Hall–Kier alpha value is -1.97. The Balaban J connectivity index is 1.90. The monoisotopic (exact) mass is 273 g/mol. The molecule has 0 saturated carbocycles. The van der Waals surface area contributed by atoms with E-state index in [0.717, 1.165) is 16.9 Å². The average molecular weight is 273 g/mol. The van der Waals surface area contributed by atoms with Gasteiger partial charge in [-0.2, -0.15) is 0 Å². The second-order valence-electron chi connectivity index (χ2n) is 6.16. The van der Waals surface area contributed by atoms with Crippen molar-refractivity contribution in [1.29, 1.82) is 0 Å². The van der Waals surface area contributed by atoms with Gasteiger partial charge in [0.05, 0.1) is 19.2 Å². The van der Waals surface area contributed by atoms with Crippen LogP contribution in [0.1, 0.15) is 44.0 Å². The third-order valence-corrected chi connectivity index (χ3v) is 3.61. The number of benzene rings is 1. The molecule has 2 aliphatic heterocycles. The highest BCUT2D eigenvalue weighted by Crippen LogP contribution is 2.49. The lowest BCUT2D eigenvalue weighted by Gasteiger charge is -2.27. The van der Waals surface area contributed by atoms with E-state index in [2.05, 4.69) is 12.2 Å². The van der Waals surface area contributed by atoms with Crippen molar-refractivity contribution in [2.45, 2.75) is 38.5 Å². The number of fused-ring (bicyclic) bond motifs is 5. The van der Waals surface area contributed by atoms with E-state index in [9.17, 15) is 4.79 Å². The molecule has 2 unspecified atom stereocenters. The van der Waals surface area contributed by atoms with E-state index in [1.165, 1.54) is 0 Å². The van der Waals surface area contributed by atoms with Gasteiger partial charge in [-0.1, -0.05) is 18.2 Å². The third-order valence-electron chi connectivity index (χ3n) is 3.61. The van der Waals surface area contributed by atoms with Gasteiger partial charge in [-0.05, 0) is 44.0 Å². The van der Waals surface area contributed by atoms with Crippen LogP contribution in [0.15, 0.2) is 30.4 Å². The van der Waals surface area contributed by atoms with Gasteiger partial charge in [-0.3, -0.25) is 4.90 Å². The molecule has 3 rings (SSSR count). The van der Waals surface area contributed by atoms with Crippen molar-refractivity contribution in [2.75, 3.05) is 7.11 Å². The minimum absolute atomic E-state index is 0.0178. The molecular formula is C16H19NO3. The Morgan fingerprint density at radius 3 is 2.40 bits per heavy atom. The van der Waals surface area contributed by atoms with Crippen LogP contribution < -0.4 is 4.74 Å². The predicted octanol–water partition coefficient (Wildman–Crippen LogP) is 3.60. The molecule has 4 nitrogen and oxygen atoms in total. The first-order chi connectivity index (χ1) is 9.40. The van der Waals surface area contributed by atoms with Gasteiger partial charge in [0, 0.05) is 0 Å². The van der Waals surface area contributed by atoms with Crippen molar-refractivity contribution in [2.24, 2.45) is 0 Å². The van der Waals surface area contributed by atoms with E-state index >= 15 is 0 Å². The maximum absolute atomic E-state index is 12.4. The summed E-state index contributed by atoms with van der Waals surface area (Å²) in [4.78, 5) is 14.2. The molecule has 0 radical (unpaired) electrons. The Morgan fingerprint density at radius 1 is 1.15 bits per heavy atom. The van der Waals surface area contributed by atoms with Crippen LogP contribution in [-0.4, -0.2) is 23.7 Å². The van der Waals surface area contributed by atoms with Crippen molar-refractivity contribution in [1.82, 2.24) is 4.90 Å². The number of nitrogens with zero attached hydrogens (tertiary/aromatic N) is 1. The first-order valence-electron chi connectivity index (χ1n) is 6.78. The van der Waals surface area contributed by atoms with Gasteiger partial charge in [0.2, 0.25) is 0 Å². The van der Waals surface area contributed by atoms with Gasteiger partial charge in [0.1, 0.15) is 11.4 Å². The van der Waals surface area contributed by atoms with Crippen LogP contribution in [0, 0.1) is 0 Å². The first-order valence-corrected chi connectivity index (χ1v) is 6.78. The van der Waals surface area contributed by atoms with Gasteiger partial charge in [0.15, 0.2) is 0 Å². The van der Waals surface area contributed by atoms with Gasteiger partial charge >= 0.3 is 6.09 Å². The van der Waals surface area contributed by atoms with Crippen molar-refractivity contribution < 1.29 is 14.3 Å². The zero-order valence-electron chi connectivity index (χ0n) is 12.2. The number of carbonyl (C=O) groups is 1. The molecule has 1 amide bonds. The van der Waals surface area contributed by atoms with E-state index < -0.39 is 5.60 Å². The number of rotatable bonds is 1. The van der Waals surface area contributed by atoms with Crippen molar-refractivity contribution in [3.05, 3.63) is 41.5 Å². The van der Waals surface area contributed by atoms with Crippen molar-refractivity contribution >= 4 is 6.09 Å². The van der Waals surface area contributed by atoms with Crippen molar-refractivity contribution in [3.63, 3.8) is 0 Å². The van der Waals surface area contributed by atoms with Crippen LogP contribution in [0.2, 0.25) is 0 Å². The Morgan fingerprint density at radius 2 is 1.80 bits per heavy atom. The Labute approximate surface area is 119 Å². The molecular weight excluding hydrogens is 254 g/mol. The van der Waals surface area contributed by atoms with Crippen molar-refractivity contribution in [3.8, 4) is 5.75 Å². The maximum atomic E-state index is 12.4. The molecule has 0 aromatic heterocycles. The maximum Gasteiger partial charge on any atom is 0.411 e. The van der Waals surface area contributed by atoms with Crippen LogP contribution in [0.3, 0.4) is 0 Å². The number of hydrogen-bond donors (Lipinski definition) is 0.